The molecular formula is C21H27N3O2. The van der Waals surface area contributed by atoms with Gasteiger partial charge >= 0.3 is 0 Å². The summed E-state index contributed by atoms with van der Waals surface area (Å²) in [6, 6.07) is 17.2. The molecule has 3 N–H and O–H groups in total. The zero-order valence-corrected chi connectivity index (χ0v) is 15.4. The van der Waals surface area contributed by atoms with Crippen molar-refractivity contribution in [3.63, 3.8) is 0 Å². The molecule has 1 aliphatic heterocycles. The molecule has 1 saturated heterocycles. The molecule has 1 fully saturated rings. The van der Waals surface area contributed by atoms with Crippen LogP contribution in [-0.2, 0) is 4.79 Å². The van der Waals surface area contributed by atoms with Crippen LogP contribution in [0.2, 0.25) is 0 Å². The zero-order valence-electron chi connectivity index (χ0n) is 15.4. The van der Waals surface area contributed by atoms with Crippen LogP contribution >= 0.6 is 0 Å². The van der Waals surface area contributed by atoms with Gasteiger partial charge in [-0.2, -0.15) is 0 Å². The molecule has 3 rings (SSSR count). The Balaban J connectivity index is 1.63. The number of nitrogens with zero attached hydrogens (tertiary/aromatic N) is 1. The minimum atomic E-state index is -0.0413. The molecule has 1 amide bonds. The Kier molecular flexibility index (Phi) is 5.59. The Morgan fingerprint density at radius 1 is 1.19 bits per heavy atom. The maximum Gasteiger partial charge on any atom is 0.238 e. The van der Waals surface area contributed by atoms with Gasteiger partial charge in [0.15, 0.2) is 5.75 Å². The van der Waals surface area contributed by atoms with Crippen LogP contribution in [-0.4, -0.2) is 36.5 Å². The number of nitrogens with two attached hydrogens (primary N) is 1. The van der Waals surface area contributed by atoms with Gasteiger partial charge in [-0.25, -0.2) is 0 Å². The highest BCUT2D eigenvalue weighted by Crippen LogP contribution is 2.30. The van der Waals surface area contributed by atoms with Gasteiger partial charge < -0.3 is 15.8 Å². The summed E-state index contributed by atoms with van der Waals surface area (Å²) in [5.74, 6) is 1.33. The lowest BCUT2D eigenvalue weighted by Gasteiger charge is -2.42. The molecule has 0 spiro atoms. The van der Waals surface area contributed by atoms with E-state index in [1.165, 1.54) is 0 Å². The highest BCUT2D eigenvalue weighted by molar-refractivity contribution is 5.93. The second-order valence-electron chi connectivity index (χ2n) is 7.55. The van der Waals surface area contributed by atoms with Gasteiger partial charge in [-0.15, -0.1) is 0 Å². The number of hydrogen-bond acceptors (Lipinski definition) is 4. The number of para-hydroxylation sites is 3. The first-order valence-corrected chi connectivity index (χ1v) is 9.04. The number of carbonyl (C=O) groups excluding carboxylic acids is 1. The average molecular weight is 353 g/mol. The molecule has 0 bridgehead atoms. The van der Waals surface area contributed by atoms with Crippen molar-refractivity contribution in [2.45, 2.75) is 26.3 Å². The van der Waals surface area contributed by atoms with E-state index in [-0.39, 0.29) is 17.4 Å². The molecule has 0 radical (unpaired) electrons. The van der Waals surface area contributed by atoms with Crippen LogP contribution in [0.15, 0.2) is 54.6 Å². The molecule has 1 atom stereocenters. The van der Waals surface area contributed by atoms with E-state index in [1.54, 1.807) is 0 Å². The van der Waals surface area contributed by atoms with Crippen molar-refractivity contribution in [1.82, 2.24) is 4.90 Å². The van der Waals surface area contributed by atoms with E-state index in [2.05, 4.69) is 24.1 Å². The quantitative estimate of drug-likeness (QED) is 0.864. The first kappa shape index (κ1) is 18.4. The standard InChI is InChI=1S/C21H27N3O2/c1-21(2)15-24(13-12-19(21)22)14-20(25)23-17-10-6-7-11-18(17)26-16-8-4-3-5-9-16/h3-11,19H,12-15,22H2,1-2H3,(H,23,25). The molecule has 26 heavy (non-hydrogen) atoms. The van der Waals surface area contributed by atoms with Crippen LogP contribution in [0.5, 0.6) is 11.5 Å². The molecule has 0 aliphatic carbocycles. The van der Waals surface area contributed by atoms with Crippen molar-refractivity contribution in [1.29, 1.82) is 0 Å². The fourth-order valence-corrected chi connectivity index (χ4v) is 3.29. The lowest BCUT2D eigenvalue weighted by molar-refractivity contribution is -0.118. The number of carbonyl (C=O) groups is 1. The predicted molar refractivity (Wildman–Crippen MR) is 104 cm³/mol. The number of amides is 1. The summed E-state index contributed by atoms with van der Waals surface area (Å²) < 4.78 is 5.90. The van der Waals surface area contributed by atoms with Gasteiger partial charge in [-0.05, 0) is 36.1 Å². The third-order valence-corrected chi connectivity index (χ3v) is 4.89. The second-order valence-corrected chi connectivity index (χ2v) is 7.55. The SMILES string of the molecule is CC1(C)CN(CC(=O)Nc2ccccc2Oc2ccccc2)CCC1N. The van der Waals surface area contributed by atoms with Crippen LogP contribution in [0.4, 0.5) is 5.69 Å². The zero-order chi connectivity index (χ0) is 18.6. The number of hydrogen-bond donors (Lipinski definition) is 2. The average Bonchev–Trinajstić information content (AvgIpc) is 2.60. The lowest BCUT2D eigenvalue weighted by atomic mass is 9.80. The van der Waals surface area contributed by atoms with Gasteiger partial charge in [-0.1, -0.05) is 44.2 Å². The number of piperidine rings is 1. The van der Waals surface area contributed by atoms with Crippen LogP contribution in [0.25, 0.3) is 0 Å². The van der Waals surface area contributed by atoms with Gasteiger partial charge in [-0.3, -0.25) is 9.69 Å². The maximum absolute atomic E-state index is 12.5. The van der Waals surface area contributed by atoms with E-state index in [0.29, 0.717) is 18.0 Å². The van der Waals surface area contributed by atoms with E-state index in [0.717, 1.165) is 25.3 Å². The third-order valence-electron chi connectivity index (χ3n) is 4.89. The monoisotopic (exact) mass is 353 g/mol. The smallest absolute Gasteiger partial charge is 0.238 e. The Morgan fingerprint density at radius 2 is 1.88 bits per heavy atom. The van der Waals surface area contributed by atoms with Crippen molar-refractivity contribution in [3.8, 4) is 11.5 Å². The van der Waals surface area contributed by atoms with Crippen molar-refractivity contribution >= 4 is 11.6 Å². The molecule has 138 valence electrons. The lowest BCUT2D eigenvalue weighted by Crippen LogP contribution is -2.53. The van der Waals surface area contributed by atoms with Crippen LogP contribution in [0.3, 0.4) is 0 Å². The third kappa shape index (κ3) is 4.62. The minimum absolute atomic E-state index is 0.0207. The topological polar surface area (TPSA) is 67.6 Å². The van der Waals surface area contributed by atoms with E-state index in [9.17, 15) is 4.79 Å². The molecule has 5 nitrogen and oxygen atoms in total. The molecule has 5 heteroatoms. The maximum atomic E-state index is 12.5. The highest BCUT2D eigenvalue weighted by atomic mass is 16.5. The molecule has 0 aromatic heterocycles. The largest absolute Gasteiger partial charge is 0.455 e. The number of likely N-dealkylation sites (tertiary alicyclic amines) is 1. The van der Waals surface area contributed by atoms with E-state index >= 15 is 0 Å². The molecular weight excluding hydrogens is 326 g/mol. The molecule has 1 heterocycles. The number of ether oxygens (including phenoxy) is 1. The predicted octanol–water partition coefficient (Wildman–Crippen LogP) is 3.48. The summed E-state index contributed by atoms with van der Waals surface area (Å²) in [6.07, 6.45) is 0.911. The van der Waals surface area contributed by atoms with Gasteiger partial charge in [0.2, 0.25) is 5.91 Å². The summed E-state index contributed by atoms with van der Waals surface area (Å²) in [4.78, 5) is 14.7. The fraction of sp³-hybridized carbons (Fsp3) is 0.381. The molecule has 1 unspecified atom stereocenters. The molecule has 2 aromatic rings. The Labute approximate surface area is 155 Å². The first-order valence-electron chi connectivity index (χ1n) is 9.04. The van der Waals surface area contributed by atoms with Gasteiger partial charge in [0, 0.05) is 19.1 Å². The first-order chi connectivity index (χ1) is 12.4. The van der Waals surface area contributed by atoms with Gasteiger partial charge in [0.25, 0.3) is 0 Å². The Morgan fingerprint density at radius 3 is 2.62 bits per heavy atom. The molecule has 0 saturated carbocycles. The van der Waals surface area contributed by atoms with Crippen molar-refractivity contribution in [3.05, 3.63) is 54.6 Å². The van der Waals surface area contributed by atoms with Crippen LogP contribution in [0.1, 0.15) is 20.3 Å². The number of benzene rings is 2. The van der Waals surface area contributed by atoms with Crippen LogP contribution in [0, 0.1) is 5.41 Å². The van der Waals surface area contributed by atoms with Gasteiger partial charge in [0.1, 0.15) is 5.75 Å². The number of nitrogens with one attached hydrogen (secondary N) is 1. The normalized spacial score (nSPS) is 19.7. The van der Waals surface area contributed by atoms with Crippen molar-refractivity contribution < 1.29 is 9.53 Å². The van der Waals surface area contributed by atoms with Crippen molar-refractivity contribution in [2.75, 3.05) is 25.0 Å². The summed E-state index contributed by atoms with van der Waals surface area (Å²) in [5, 5.41) is 2.98. The summed E-state index contributed by atoms with van der Waals surface area (Å²) >= 11 is 0. The molecule has 1 aliphatic rings. The summed E-state index contributed by atoms with van der Waals surface area (Å²) in [7, 11) is 0. The Bertz CT molecular complexity index is 746. The van der Waals surface area contributed by atoms with Crippen molar-refractivity contribution in [2.24, 2.45) is 11.1 Å². The fourth-order valence-electron chi connectivity index (χ4n) is 3.29. The number of anilines is 1. The van der Waals surface area contributed by atoms with E-state index < -0.39 is 0 Å². The van der Waals surface area contributed by atoms with E-state index in [1.807, 2.05) is 54.6 Å². The Hall–Kier alpha value is -2.37. The summed E-state index contributed by atoms with van der Waals surface area (Å²) in [6.45, 7) is 6.34. The second kappa shape index (κ2) is 7.89. The number of rotatable bonds is 5. The van der Waals surface area contributed by atoms with Gasteiger partial charge in [0.05, 0.1) is 12.2 Å². The summed E-state index contributed by atoms with van der Waals surface area (Å²) in [5.41, 5.74) is 6.87. The highest BCUT2D eigenvalue weighted by Gasteiger charge is 2.33. The van der Waals surface area contributed by atoms with Crippen LogP contribution < -0.4 is 15.8 Å². The molecule has 2 aromatic carbocycles. The van der Waals surface area contributed by atoms with E-state index in [4.69, 9.17) is 10.5 Å². The minimum Gasteiger partial charge on any atom is -0.455 e.